The molecule has 3 rings (SSSR count). The molecule has 100 valence electrons. The van der Waals surface area contributed by atoms with Crippen molar-refractivity contribution in [2.45, 2.75) is 26.3 Å². The van der Waals surface area contributed by atoms with Gasteiger partial charge >= 0.3 is 0 Å². The number of aromatic nitrogens is 6. The lowest BCUT2D eigenvalue weighted by atomic mass is 10.4. The van der Waals surface area contributed by atoms with Crippen molar-refractivity contribution >= 4 is 22.8 Å². The Bertz CT molecular complexity index is 735. The van der Waals surface area contributed by atoms with Crippen molar-refractivity contribution in [1.29, 1.82) is 0 Å². The molecule has 0 atom stereocenters. The molecule has 0 unspecified atom stereocenters. The van der Waals surface area contributed by atoms with Crippen LogP contribution in [0.1, 0.15) is 18.4 Å². The minimum atomic E-state index is 0.340. The van der Waals surface area contributed by atoms with Gasteiger partial charge in [-0.05, 0) is 13.8 Å². The van der Waals surface area contributed by atoms with Crippen LogP contribution >= 0.6 is 11.6 Å². The topological polar surface area (TPSA) is 53.5 Å². The normalized spacial score (nSPS) is 11.6. The number of aryl methyl sites for hydroxylation is 3. The van der Waals surface area contributed by atoms with Crippen LogP contribution in [0.15, 0.2) is 12.3 Å². The third kappa shape index (κ3) is 1.74. The number of nitrogens with zero attached hydrogens (tertiary/aromatic N) is 6. The third-order valence-corrected chi connectivity index (χ3v) is 3.41. The Morgan fingerprint density at radius 1 is 1.32 bits per heavy atom. The number of hydrogen-bond donors (Lipinski definition) is 0. The van der Waals surface area contributed by atoms with Crippen LogP contribution in [0.25, 0.3) is 17.0 Å². The van der Waals surface area contributed by atoms with E-state index in [0.717, 1.165) is 35.0 Å². The zero-order valence-corrected chi connectivity index (χ0v) is 11.9. The first-order chi connectivity index (χ1) is 9.15. The SMILES string of the molecule is CCn1ccc(-n2c(CCl)nc3c(C)nn(C)c32)n1. The summed E-state index contributed by atoms with van der Waals surface area (Å²) in [5.41, 5.74) is 2.70. The van der Waals surface area contributed by atoms with Gasteiger partial charge in [0.15, 0.2) is 11.5 Å². The second kappa shape index (κ2) is 4.38. The molecule has 0 aliphatic heterocycles. The molecule has 7 heteroatoms. The van der Waals surface area contributed by atoms with Gasteiger partial charge in [-0.2, -0.15) is 10.2 Å². The van der Waals surface area contributed by atoms with E-state index in [1.807, 2.05) is 40.2 Å². The van der Waals surface area contributed by atoms with Crippen LogP contribution in [0.3, 0.4) is 0 Å². The van der Waals surface area contributed by atoms with E-state index in [4.69, 9.17) is 11.6 Å². The van der Waals surface area contributed by atoms with Crippen molar-refractivity contribution < 1.29 is 0 Å². The second-order valence-corrected chi connectivity index (χ2v) is 4.68. The van der Waals surface area contributed by atoms with Crippen LogP contribution in [0.2, 0.25) is 0 Å². The zero-order valence-electron chi connectivity index (χ0n) is 11.1. The number of imidazole rings is 1. The van der Waals surface area contributed by atoms with Crippen molar-refractivity contribution in [2.75, 3.05) is 0 Å². The number of hydrogen-bond acceptors (Lipinski definition) is 3. The molecule has 0 bridgehead atoms. The van der Waals surface area contributed by atoms with Crippen molar-refractivity contribution in [3.05, 3.63) is 23.8 Å². The maximum Gasteiger partial charge on any atom is 0.164 e. The van der Waals surface area contributed by atoms with E-state index in [2.05, 4.69) is 22.1 Å². The molecule has 3 aromatic rings. The molecular formula is C12H15ClN6. The van der Waals surface area contributed by atoms with Gasteiger partial charge in [-0.1, -0.05) is 0 Å². The molecule has 3 aromatic heterocycles. The van der Waals surface area contributed by atoms with E-state index < -0.39 is 0 Å². The van der Waals surface area contributed by atoms with Gasteiger partial charge in [0.25, 0.3) is 0 Å². The predicted octanol–water partition coefficient (Wildman–Crippen LogP) is 2.02. The quantitative estimate of drug-likeness (QED) is 0.689. The van der Waals surface area contributed by atoms with Crippen molar-refractivity contribution in [2.24, 2.45) is 7.05 Å². The highest BCUT2D eigenvalue weighted by Gasteiger charge is 2.19. The average molecular weight is 279 g/mol. The highest BCUT2D eigenvalue weighted by atomic mass is 35.5. The molecule has 0 aromatic carbocycles. The van der Waals surface area contributed by atoms with Gasteiger partial charge in [-0.3, -0.25) is 9.25 Å². The average Bonchev–Trinajstić information content (AvgIpc) is 3.06. The van der Waals surface area contributed by atoms with E-state index in [9.17, 15) is 0 Å². The summed E-state index contributed by atoms with van der Waals surface area (Å²) < 4.78 is 5.66. The maximum atomic E-state index is 6.01. The van der Waals surface area contributed by atoms with Gasteiger partial charge in [0.1, 0.15) is 11.3 Å². The number of alkyl halides is 1. The molecule has 19 heavy (non-hydrogen) atoms. The van der Waals surface area contributed by atoms with Crippen molar-refractivity contribution in [3.63, 3.8) is 0 Å². The molecule has 0 saturated heterocycles. The smallest absolute Gasteiger partial charge is 0.164 e. The van der Waals surface area contributed by atoms with Crippen molar-refractivity contribution in [3.8, 4) is 5.82 Å². The Morgan fingerprint density at radius 2 is 2.11 bits per heavy atom. The fraction of sp³-hybridized carbons (Fsp3) is 0.417. The molecular weight excluding hydrogens is 264 g/mol. The van der Waals surface area contributed by atoms with E-state index in [1.165, 1.54) is 0 Å². The minimum absolute atomic E-state index is 0.340. The van der Waals surface area contributed by atoms with Crippen LogP contribution < -0.4 is 0 Å². The molecule has 6 nitrogen and oxygen atoms in total. The van der Waals surface area contributed by atoms with E-state index in [-0.39, 0.29) is 0 Å². The number of halogens is 1. The molecule has 0 spiro atoms. The Balaban J connectivity index is 2.31. The minimum Gasteiger partial charge on any atom is -0.271 e. The third-order valence-electron chi connectivity index (χ3n) is 3.17. The van der Waals surface area contributed by atoms with Crippen LogP contribution in [0.4, 0.5) is 0 Å². The Morgan fingerprint density at radius 3 is 2.74 bits per heavy atom. The lowest BCUT2D eigenvalue weighted by Gasteiger charge is -2.04. The van der Waals surface area contributed by atoms with Gasteiger partial charge in [-0.15, -0.1) is 11.6 Å². The summed E-state index contributed by atoms with van der Waals surface area (Å²) in [5.74, 6) is 1.95. The molecule has 0 radical (unpaired) electrons. The molecule has 0 aliphatic carbocycles. The van der Waals surface area contributed by atoms with Gasteiger partial charge in [0.2, 0.25) is 0 Å². The Labute approximate surface area is 115 Å². The molecule has 0 amide bonds. The second-order valence-electron chi connectivity index (χ2n) is 4.41. The summed E-state index contributed by atoms with van der Waals surface area (Å²) in [5, 5.41) is 8.91. The van der Waals surface area contributed by atoms with Crippen molar-refractivity contribution in [1.82, 2.24) is 29.1 Å². The summed E-state index contributed by atoms with van der Waals surface area (Å²) in [6, 6.07) is 1.96. The molecule has 0 aliphatic rings. The first kappa shape index (κ1) is 12.2. The summed E-state index contributed by atoms with van der Waals surface area (Å²) in [6.07, 6.45) is 1.95. The Hall–Kier alpha value is -1.82. The highest BCUT2D eigenvalue weighted by Crippen LogP contribution is 2.23. The van der Waals surface area contributed by atoms with Gasteiger partial charge in [0, 0.05) is 25.9 Å². The van der Waals surface area contributed by atoms with E-state index >= 15 is 0 Å². The summed E-state index contributed by atoms with van der Waals surface area (Å²) in [7, 11) is 1.91. The summed E-state index contributed by atoms with van der Waals surface area (Å²) in [6.45, 7) is 4.83. The predicted molar refractivity (Wildman–Crippen MR) is 73.6 cm³/mol. The standard InChI is InChI=1S/C12H15ClN6/c1-4-18-6-5-9(16-18)19-10(7-13)14-11-8(2)15-17(3)12(11)19/h5-6H,4,7H2,1-3H3. The van der Waals surface area contributed by atoms with E-state index in [1.54, 1.807) is 0 Å². The van der Waals surface area contributed by atoms with Crippen LogP contribution in [0, 0.1) is 6.92 Å². The molecule has 3 heterocycles. The van der Waals surface area contributed by atoms with Gasteiger partial charge in [-0.25, -0.2) is 9.67 Å². The first-order valence-corrected chi connectivity index (χ1v) is 6.69. The van der Waals surface area contributed by atoms with Crippen LogP contribution in [-0.4, -0.2) is 29.1 Å². The Kier molecular flexibility index (Phi) is 2.82. The van der Waals surface area contributed by atoms with Crippen LogP contribution in [0.5, 0.6) is 0 Å². The highest BCUT2D eigenvalue weighted by molar-refractivity contribution is 6.16. The molecule has 0 N–H and O–H groups in total. The first-order valence-electron chi connectivity index (χ1n) is 6.16. The monoisotopic (exact) mass is 278 g/mol. The lowest BCUT2D eigenvalue weighted by Crippen LogP contribution is -2.06. The maximum absolute atomic E-state index is 6.01. The summed E-state index contributed by atoms with van der Waals surface area (Å²) >= 11 is 6.01. The van der Waals surface area contributed by atoms with Gasteiger partial charge < -0.3 is 0 Å². The molecule has 0 fully saturated rings. The largest absolute Gasteiger partial charge is 0.271 e. The lowest BCUT2D eigenvalue weighted by molar-refractivity contribution is 0.649. The number of fused-ring (bicyclic) bond motifs is 1. The molecule has 0 saturated carbocycles. The van der Waals surface area contributed by atoms with E-state index in [0.29, 0.717) is 5.88 Å². The zero-order chi connectivity index (χ0) is 13.6. The fourth-order valence-electron chi connectivity index (χ4n) is 2.29. The summed E-state index contributed by atoms with van der Waals surface area (Å²) in [4.78, 5) is 4.56. The van der Waals surface area contributed by atoms with Gasteiger partial charge in [0.05, 0.1) is 11.6 Å². The fourth-order valence-corrected chi connectivity index (χ4v) is 2.47. The number of rotatable bonds is 3. The van der Waals surface area contributed by atoms with Crippen LogP contribution in [-0.2, 0) is 19.5 Å².